The van der Waals surface area contributed by atoms with E-state index in [1.54, 1.807) is 24.3 Å². The Labute approximate surface area is 115 Å². The van der Waals surface area contributed by atoms with Gasteiger partial charge in [0.25, 0.3) is 0 Å². The maximum atomic E-state index is 8.98. The third-order valence-corrected chi connectivity index (χ3v) is 1.21. The summed E-state index contributed by atoms with van der Waals surface area (Å²) in [4.78, 5) is 2.75. The Morgan fingerprint density at radius 1 is 1.25 bits per heavy atom. The number of hydrogen-bond donors (Lipinski definition) is 2. The summed E-state index contributed by atoms with van der Waals surface area (Å²) >= 11 is 0. The van der Waals surface area contributed by atoms with Crippen molar-refractivity contribution in [2.75, 3.05) is 0 Å². The van der Waals surface area contributed by atoms with Crippen LogP contribution in [0.4, 0.5) is 0 Å². The van der Waals surface area contributed by atoms with Gasteiger partial charge in [0.15, 0.2) is 0 Å². The van der Waals surface area contributed by atoms with Gasteiger partial charge < -0.3 is 10.0 Å². The van der Waals surface area contributed by atoms with E-state index in [9.17, 15) is 0 Å². The maximum absolute atomic E-state index is 8.98. The molecule has 1 aromatic carbocycles. The van der Waals surface area contributed by atoms with Crippen LogP contribution in [0, 0.1) is 22.7 Å². The minimum atomic E-state index is -2.31. The molecule has 0 aromatic heterocycles. The second-order valence-corrected chi connectivity index (χ2v) is 2.22. The molecule has 76 valence electrons. The van der Waals surface area contributed by atoms with E-state index in [-0.39, 0.29) is 29.6 Å². The summed E-state index contributed by atoms with van der Waals surface area (Å²) in [5.41, 5.74) is 1.05. The van der Waals surface area contributed by atoms with E-state index < -0.39 is 7.32 Å². The van der Waals surface area contributed by atoms with Crippen molar-refractivity contribution in [1.29, 1.82) is 10.5 Å². The van der Waals surface area contributed by atoms with Crippen molar-refractivity contribution in [1.82, 2.24) is 0 Å². The molecule has 0 aliphatic heterocycles. The van der Waals surface area contributed by atoms with Gasteiger partial charge >= 0.3 is 36.9 Å². The van der Waals surface area contributed by atoms with Gasteiger partial charge in [-0.25, -0.2) is 0 Å². The zero-order valence-corrected chi connectivity index (χ0v) is 10.5. The molecule has 2 N–H and O–H groups in total. The van der Waals surface area contributed by atoms with E-state index in [2.05, 4.69) is 4.81 Å². The molecule has 0 unspecified atom stereocenters. The quantitative estimate of drug-likeness (QED) is 0.289. The van der Waals surface area contributed by atoms with E-state index in [0.29, 0.717) is 11.1 Å². The molecule has 1 aromatic rings. The van der Waals surface area contributed by atoms with Crippen molar-refractivity contribution < 1.29 is 49.7 Å². The van der Waals surface area contributed by atoms with E-state index in [1.165, 1.54) is 0 Å². The van der Waals surface area contributed by atoms with Crippen molar-refractivity contribution in [3.8, 4) is 12.1 Å². The van der Waals surface area contributed by atoms with Crippen LogP contribution in [0.25, 0.3) is 0 Å². The van der Waals surface area contributed by atoms with Gasteiger partial charge in [-0.15, -0.1) is 0 Å². The third kappa shape index (κ3) is 8.42. The average molecular weight is 228 g/mol. The first-order valence-electron chi connectivity index (χ1n) is 3.68. The van der Waals surface area contributed by atoms with Gasteiger partial charge in [0.05, 0.1) is 23.3 Å². The van der Waals surface area contributed by atoms with Crippen LogP contribution in [0.15, 0.2) is 24.3 Å². The SMILES string of the molecule is N#Cc1cccc(C#N)c1.[Na+].[O-]B(O)OO. The summed E-state index contributed by atoms with van der Waals surface area (Å²) in [6, 6.07) is 10.5. The summed E-state index contributed by atoms with van der Waals surface area (Å²) in [6.07, 6.45) is 0. The van der Waals surface area contributed by atoms with Crippen molar-refractivity contribution in [2.24, 2.45) is 0 Å². The Morgan fingerprint density at radius 3 is 1.88 bits per heavy atom. The predicted octanol–water partition coefficient (Wildman–Crippen LogP) is -3.75. The van der Waals surface area contributed by atoms with Gasteiger partial charge in [-0.3, -0.25) is 10.1 Å². The smallest absolute Gasteiger partial charge is 0.830 e. The van der Waals surface area contributed by atoms with Crippen LogP contribution in [0.1, 0.15) is 11.1 Å². The fourth-order valence-electron chi connectivity index (χ4n) is 0.658. The molecule has 0 saturated carbocycles. The molecule has 0 saturated heterocycles. The molecular formula is C8H6BN2NaO4. The Morgan fingerprint density at radius 2 is 1.62 bits per heavy atom. The molecule has 0 amide bonds. The number of benzene rings is 1. The number of hydrogen-bond acceptors (Lipinski definition) is 6. The summed E-state index contributed by atoms with van der Waals surface area (Å²) in [5.74, 6) is 0. The molecule has 0 fully saturated rings. The zero-order valence-electron chi connectivity index (χ0n) is 8.49. The number of nitriles is 2. The predicted molar refractivity (Wildman–Crippen MR) is 47.6 cm³/mol. The Bertz CT molecular complexity index is 359. The van der Waals surface area contributed by atoms with Crippen molar-refractivity contribution >= 4 is 7.32 Å². The van der Waals surface area contributed by atoms with Crippen LogP contribution < -0.4 is 34.6 Å². The number of nitrogens with zero attached hydrogens (tertiary/aromatic N) is 2. The van der Waals surface area contributed by atoms with Crippen LogP contribution in [0.3, 0.4) is 0 Å². The molecule has 0 atom stereocenters. The normalized spacial score (nSPS) is 7.31. The summed E-state index contributed by atoms with van der Waals surface area (Å²) in [5, 5.41) is 40.2. The third-order valence-electron chi connectivity index (χ3n) is 1.21. The second kappa shape index (κ2) is 10.6. The first-order valence-corrected chi connectivity index (χ1v) is 3.68. The van der Waals surface area contributed by atoms with Gasteiger partial charge in [-0.2, -0.15) is 10.5 Å². The topological polar surface area (TPSA) is 120 Å². The Kier molecular flexibility index (Phi) is 11.6. The van der Waals surface area contributed by atoms with Crippen molar-refractivity contribution in [3.05, 3.63) is 35.4 Å². The largest absolute Gasteiger partial charge is 1.00 e. The van der Waals surface area contributed by atoms with Crippen LogP contribution in [0.2, 0.25) is 0 Å². The van der Waals surface area contributed by atoms with Gasteiger partial charge in [0, 0.05) is 0 Å². The standard InChI is InChI=1S/C8H4N2.BH2O4.Na/c9-5-7-2-1-3-8(4-7)6-10;2-1(3)5-4;/h1-4H;2,4H;/q;-1;+1. The Balaban J connectivity index is 0. The molecule has 1 rings (SSSR count). The van der Waals surface area contributed by atoms with E-state index in [1.807, 2.05) is 12.1 Å². The van der Waals surface area contributed by atoms with Crippen LogP contribution in [0.5, 0.6) is 0 Å². The monoisotopic (exact) mass is 228 g/mol. The molecule has 0 heterocycles. The Hall–Kier alpha value is -0.895. The summed E-state index contributed by atoms with van der Waals surface area (Å²) in [7, 11) is -2.31. The molecule has 6 nitrogen and oxygen atoms in total. The minimum absolute atomic E-state index is 0. The number of rotatable bonds is 1. The van der Waals surface area contributed by atoms with Gasteiger partial charge in [0.1, 0.15) is 0 Å². The summed E-state index contributed by atoms with van der Waals surface area (Å²) < 4.78 is 0. The van der Waals surface area contributed by atoms with Gasteiger partial charge in [0.2, 0.25) is 0 Å². The average Bonchev–Trinajstić information content (AvgIpc) is 2.29. The molecule has 16 heavy (non-hydrogen) atoms. The molecule has 0 spiro atoms. The van der Waals surface area contributed by atoms with Gasteiger partial charge in [-0.1, -0.05) is 6.07 Å². The molecule has 0 aliphatic rings. The van der Waals surface area contributed by atoms with Crippen LogP contribution in [-0.2, 0) is 4.81 Å². The molecule has 0 radical (unpaired) electrons. The first kappa shape index (κ1) is 17.5. The first-order chi connectivity index (χ1) is 7.13. The zero-order chi connectivity index (χ0) is 11.7. The van der Waals surface area contributed by atoms with Crippen LogP contribution in [-0.4, -0.2) is 17.6 Å². The molecule has 8 heteroatoms. The molecular weight excluding hydrogens is 222 g/mol. The summed E-state index contributed by atoms with van der Waals surface area (Å²) in [6.45, 7) is 0. The maximum Gasteiger partial charge on any atom is 1.00 e. The van der Waals surface area contributed by atoms with E-state index >= 15 is 0 Å². The van der Waals surface area contributed by atoms with E-state index in [4.69, 9.17) is 25.8 Å². The van der Waals surface area contributed by atoms with Crippen molar-refractivity contribution in [3.63, 3.8) is 0 Å². The fourth-order valence-corrected chi connectivity index (χ4v) is 0.658. The second-order valence-electron chi connectivity index (χ2n) is 2.22. The van der Waals surface area contributed by atoms with Crippen molar-refractivity contribution in [2.45, 2.75) is 0 Å². The van der Waals surface area contributed by atoms with E-state index in [0.717, 1.165) is 0 Å². The molecule has 0 bridgehead atoms. The van der Waals surface area contributed by atoms with Crippen LogP contribution >= 0.6 is 0 Å². The molecule has 0 aliphatic carbocycles. The van der Waals surface area contributed by atoms with Gasteiger partial charge in [-0.05, 0) is 18.2 Å². The minimum Gasteiger partial charge on any atom is -0.830 e. The fraction of sp³-hybridized carbons (Fsp3) is 0.